The molecule has 122 valence electrons. The topological polar surface area (TPSA) is 119 Å². The van der Waals surface area contributed by atoms with Crippen molar-refractivity contribution in [2.45, 2.75) is 13.8 Å². The lowest BCUT2D eigenvalue weighted by atomic mass is 10.0. The number of nitrogens with two attached hydrogens (primary N) is 1. The van der Waals surface area contributed by atoms with E-state index in [2.05, 4.69) is 10.3 Å². The van der Waals surface area contributed by atoms with Crippen LogP contribution in [0.4, 0.5) is 5.69 Å². The molecule has 2 amide bonds. The van der Waals surface area contributed by atoms with Crippen molar-refractivity contribution < 1.29 is 19.2 Å². The zero-order valence-electron chi connectivity index (χ0n) is 13.1. The normalized spacial score (nSPS) is 10.1. The van der Waals surface area contributed by atoms with Gasteiger partial charge in [0, 0.05) is 29.2 Å². The maximum Gasteiger partial charge on any atom is 0.257 e. The van der Waals surface area contributed by atoms with Crippen LogP contribution in [0.15, 0.2) is 36.7 Å². The molecule has 0 saturated carbocycles. The van der Waals surface area contributed by atoms with Gasteiger partial charge in [-0.05, 0) is 38.1 Å². The molecular weight excluding hydrogens is 310 g/mol. The highest BCUT2D eigenvalue weighted by molar-refractivity contribution is 6.07. The van der Waals surface area contributed by atoms with E-state index in [-0.39, 0.29) is 22.7 Å². The molecule has 2 aromatic rings. The molecule has 0 bridgehead atoms. The van der Waals surface area contributed by atoms with Crippen molar-refractivity contribution >= 4 is 29.1 Å². The van der Waals surface area contributed by atoms with Crippen molar-refractivity contribution in [1.82, 2.24) is 4.98 Å². The van der Waals surface area contributed by atoms with E-state index in [1.54, 1.807) is 0 Å². The van der Waals surface area contributed by atoms with Crippen LogP contribution >= 0.6 is 0 Å². The molecule has 24 heavy (non-hydrogen) atoms. The highest BCUT2D eigenvalue weighted by Gasteiger charge is 2.13. The van der Waals surface area contributed by atoms with E-state index in [1.165, 1.54) is 50.5 Å². The number of carbonyl (C=O) groups excluding carboxylic acids is 4. The smallest absolute Gasteiger partial charge is 0.257 e. The molecule has 1 heterocycles. The number of rotatable bonds is 5. The van der Waals surface area contributed by atoms with Crippen molar-refractivity contribution in [3.8, 4) is 0 Å². The van der Waals surface area contributed by atoms with Crippen LogP contribution in [0.3, 0.4) is 0 Å². The number of Topliss-reactive ketones (excluding diaryl/α,β-unsaturated/α-hetero) is 2. The first-order valence-electron chi connectivity index (χ1n) is 7.01. The van der Waals surface area contributed by atoms with Crippen molar-refractivity contribution in [3.05, 3.63) is 58.9 Å². The zero-order chi connectivity index (χ0) is 17.9. The lowest BCUT2D eigenvalue weighted by molar-refractivity contribution is 0.0991. The van der Waals surface area contributed by atoms with Gasteiger partial charge in [0.25, 0.3) is 5.91 Å². The minimum atomic E-state index is -0.699. The van der Waals surface area contributed by atoms with E-state index >= 15 is 0 Å². The number of pyridine rings is 1. The highest BCUT2D eigenvalue weighted by Crippen LogP contribution is 2.17. The first-order chi connectivity index (χ1) is 11.3. The summed E-state index contributed by atoms with van der Waals surface area (Å²) in [6.45, 7) is 2.73. The highest BCUT2D eigenvalue weighted by atomic mass is 16.2. The molecule has 7 heteroatoms. The maximum atomic E-state index is 12.3. The predicted molar refractivity (Wildman–Crippen MR) is 87.2 cm³/mol. The van der Waals surface area contributed by atoms with E-state index in [1.807, 2.05) is 0 Å². The van der Waals surface area contributed by atoms with Crippen LogP contribution in [0.5, 0.6) is 0 Å². The van der Waals surface area contributed by atoms with Gasteiger partial charge < -0.3 is 11.1 Å². The van der Waals surface area contributed by atoms with Crippen LogP contribution in [0.1, 0.15) is 55.3 Å². The molecule has 7 nitrogen and oxygen atoms in total. The molecule has 0 fully saturated rings. The van der Waals surface area contributed by atoms with Crippen LogP contribution < -0.4 is 11.1 Å². The summed E-state index contributed by atoms with van der Waals surface area (Å²) in [5.74, 6) is -1.70. The number of nitrogens with zero attached hydrogens (tertiary/aromatic N) is 1. The fourth-order valence-electron chi connectivity index (χ4n) is 2.01. The largest absolute Gasteiger partial charge is 0.366 e. The summed E-state index contributed by atoms with van der Waals surface area (Å²) in [6.07, 6.45) is 2.53. The lowest BCUT2D eigenvalue weighted by Gasteiger charge is -2.09. The SMILES string of the molecule is CC(=O)c1cc(NC(=O)c2cncc(C(N)=O)c2)cc(C(C)=O)c1. The molecule has 0 aliphatic carbocycles. The molecule has 0 saturated heterocycles. The second kappa shape index (κ2) is 6.82. The number of aromatic nitrogens is 1. The maximum absolute atomic E-state index is 12.3. The van der Waals surface area contributed by atoms with E-state index in [9.17, 15) is 19.2 Å². The number of nitrogens with one attached hydrogen (secondary N) is 1. The number of carbonyl (C=O) groups is 4. The summed E-state index contributed by atoms with van der Waals surface area (Å²) >= 11 is 0. The molecule has 0 aliphatic heterocycles. The van der Waals surface area contributed by atoms with Gasteiger partial charge in [-0.2, -0.15) is 0 Å². The van der Waals surface area contributed by atoms with Crippen LogP contribution in [-0.2, 0) is 0 Å². The van der Waals surface area contributed by atoms with Crippen molar-refractivity contribution in [1.29, 1.82) is 0 Å². The lowest BCUT2D eigenvalue weighted by Crippen LogP contribution is -2.16. The number of hydrogen-bond donors (Lipinski definition) is 2. The Bertz CT molecular complexity index is 826. The standard InChI is InChI=1S/C17H15N3O4/c1-9(21)11-3-12(10(2)22)6-15(5-11)20-17(24)14-4-13(16(18)23)7-19-8-14/h3-8H,1-2H3,(H2,18,23)(H,20,24). The monoisotopic (exact) mass is 325 g/mol. The van der Waals surface area contributed by atoms with Crippen molar-refractivity contribution in [2.24, 2.45) is 5.73 Å². The fraction of sp³-hybridized carbons (Fsp3) is 0.118. The Labute approximate surface area is 137 Å². The van der Waals surface area contributed by atoms with Crippen LogP contribution in [-0.4, -0.2) is 28.4 Å². The predicted octanol–water partition coefficient (Wildman–Crippen LogP) is 1.84. The molecule has 0 radical (unpaired) electrons. The van der Waals surface area contributed by atoms with Gasteiger partial charge in [0.15, 0.2) is 11.6 Å². The molecule has 1 aromatic heterocycles. The van der Waals surface area contributed by atoms with E-state index in [0.717, 1.165) is 0 Å². The Morgan fingerprint density at radius 1 is 0.833 bits per heavy atom. The Morgan fingerprint density at radius 2 is 1.33 bits per heavy atom. The minimum absolute atomic E-state index is 0.101. The third-order valence-corrected chi connectivity index (χ3v) is 3.29. The number of amides is 2. The van der Waals surface area contributed by atoms with Gasteiger partial charge in [-0.1, -0.05) is 0 Å². The van der Waals surface area contributed by atoms with Crippen molar-refractivity contribution in [3.63, 3.8) is 0 Å². The average molecular weight is 325 g/mol. The summed E-state index contributed by atoms with van der Waals surface area (Å²) in [5.41, 5.74) is 6.29. The van der Waals surface area contributed by atoms with Gasteiger partial charge in [-0.15, -0.1) is 0 Å². The Kier molecular flexibility index (Phi) is 4.84. The third kappa shape index (κ3) is 3.89. The fourth-order valence-corrected chi connectivity index (χ4v) is 2.01. The number of anilines is 1. The first kappa shape index (κ1) is 17.0. The molecule has 0 spiro atoms. The number of ketones is 2. The number of primary amides is 1. The van der Waals surface area contributed by atoms with Gasteiger partial charge >= 0.3 is 0 Å². The molecule has 0 aliphatic rings. The zero-order valence-corrected chi connectivity index (χ0v) is 13.1. The molecule has 1 aromatic carbocycles. The van der Waals surface area contributed by atoms with Gasteiger partial charge in [0.1, 0.15) is 0 Å². The summed E-state index contributed by atoms with van der Waals surface area (Å²) < 4.78 is 0. The molecule has 0 unspecified atom stereocenters. The van der Waals surface area contributed by atoms with Gasteiger partial charge in [-0.25, -0.2) is 0 Å². The number of hydrogen-bond acceptors (Lipinski definition) is 5. The second-order valence-corrected chi connectivity index (χ2v) is 5.19. The molecular formula is C17H15N3O4. The molecule has 0 atom stereocenters. The van der Waals surface area contributed by atoms with Crippen molar-refractivity contribution in [2.75, 3.05) is 5.32 Å². The Hall–Kier alpha value is -3.35. The van der Waals surface area contributed by atoms with Crippen LogP contribution in [0, 0.1) is 0 Å². The quantitative estimate of drug-likeness (QED) is 0.813. The summed E-state index contributed by atoms with van der Waals surface area (Å²) in [7, 11) is 0. The van der Waals surface area contributed by atoms with Crippen LogP contribution in [0.2, 0.25) is 0 Å². The van der Waals surface area contributed by atoms with E-state index in [0.29, 0.717) is 16.8 Å². The molecule has 2 rings (SSSR count). The first-order valence-corrected chi connectivity index (χ1v) is 7.01. The third-order valence-electron chi connectivity index (χ3n) is 3.29. The van der Waals surface area contributed by atoms with Gasteiger partial charge in [0.2, 0.25) is 5.91 Å². The summed E-state index contributed by atoms with van der Waals surface area (Å²) in [5, 5.41) is 2.58. The summed E-state index contributed by atoms with van der Waals surface area (Å²) in [6, 6.07) is 5.72. The van der Waals surface area contributed by atoms with Gasteiger partial charge in [0.05, 0.1) is 11.1 Å². The number of benzene rings is 1. The second-order valence-electron chi connectivity index (χ2n) is 5.19. The Balaban J connectivity index is 2.34. The van der Waals surface area contributed by atoms with Gasteiger partial charge in [-0.3, -0.25) is 24.2 Å². The van der Waals surface area contributed by atoms with Crippen LogP contribution in [0.25, 0.3) is 0 Å². The average Bonchev–Trinajstić information content (AvgIpc) is 2.54. The Morgan fingerprint density at radius 3 is 1.83 bits per heavy atom. The minimum Gasteiger partial charge on any atom is -0.366 e. The molecule has 3 N–H and O–H groups in total. The van der Waals surface area contributed by atoms with E-state index < -0.39 is 11.8 Å². The summed E-state index contributed by atoms with van der Waals surface area (Å²) in [4.78, 5) is 50.3. The van der Waals surface area contributed by atoms with E-state index in [4.69, 9.17) is 5.73 Å².